The molecule has 5 heteroatoms. The molecule has 1 aromatic heterocycles. The van der Waals surface area contributed by atoms with E-state index in [1.54, 1.807) is 0 Å². The zero-order chi connectivity index (χ0) is 15.0. The van der Waals surface area contributed by atoms with Crippen LogP contribution in [0.3, 0.4) is 0 Å². The van der Waals surface area contributed by atoms with Crippen LogP contribution in [0.4, 0.5) is 8.78 Å². The molecule has 0 spiro atoms. The van der Waals surface area contributed by atoms with E-state index < -0.39 is 11.6 Å². The second kappa shape index (κ2) is 5.35. The number of halogens is 2. The first kappa shape index (κ1) is 13.9. The maximum absolute atomic E-state index is 14.0. The molecule has 106 valence electrons. The van der Waals surface area contributed by atoms with Gasteiger partial charge in [0.05, 0.1) is 0 Å². The van der Waals surface area contributed by atoms with Gasteiger partial charge in [-0.05, 0) is 0 Å². The number of phenols is 2. The van der Waals surface area contributed by atoms with E-state index in [9.17, 15) is 19.0 Å². The Balaban J connectivity index is 2.17. The summed E-state index contributed by atoms with van der Waals surface area (Å²) in [5.74, 6) is -1.41. The number of hydrogen-bond donors (Lipinski definition) is 2. The summed E-state index contributed by atoms with van der Waals surface area (Å²) in [4.78, 5) is 3.73. The first-order valence-corrected chi connectivity index (χ1v) is 8.08. The second-order valence-electron chi connectivity index (χ2n) is 4.53. The molecular formula is C16H10F2O2Se. The number of aromatic hydroxyl groups is 2. The third-order valence-corrected chi connectivity index (χ3v) is 4.71. The average Bonchev–Trinajstić information content (AvgIpc) is 2.87. The van der Waals surface area contributed by atoms with Gasteiger partial charge in [-0.1, -0.05) is 0 Å². The molecule has 1 heterocycles. The zero-order valence-electron chi connectivity index (χ0n) is 10.7. The van der Waals surface area contributed by atoms with Gasteiger partial charge in [0, 0.05) is 0 Å². The molecule has 0 bridgehead atoms. The molecule has 0 unspecified atom stereocenters. The summed E-state index contributed by atoms with van der Waals surface area (Å²) in [5, 5.41) is 18.6. The van der Waals surface area contributed by atoms with Crippen molar-refractivity contribution in [3.8, 4) is 33.8 Å². The Bertz CT molecular complexity index is 746. The van der Waals surface area contributed by atoms with Crippen LogP contribution in [0.2, 0.25) is 0 Å². The van der Waals surface area contributed by atoms with Crippen molar-refractivity contribution >= 4 is 14.5 Å². The molecule has 2 aromatic carbocycles. The van der Waals surface area contributed by atoms with Crippen LogP contribution in [-0.4, -0.2) is 24.7 Å². The van der Waals surface area contributed by atoms with Gasteiger partial charge in [0.15, 0.2) is 0 Å². The molecule has 0 aliphatic heterocycles. The van der Waals surface area contributed by atoms with Crippen LogP contribution in [0.1, 0.15) is 0 Å². The third-order valence-electron chi connectivity index (χ3n) is 3.15. The Hall–Kier alpha value is -2.10. The molecule has 0 saturated heterocycles. The quantitative estimate of drug-likeness (QED) is 0.690. The molecule has 3 aromatic rings. The molecule has 0 aliphatic carbocycles. The molecule has 0 radical (unpaired) electrons. The average molecular weight is 351 g/mol. The predicted octanol–water partition coefficient (Wildman–Crippen LogP) is 3.77. The van der Waals surface area contributed by atoms with Crippen LogP contribution in [-0.2, 0) is 0 Å². The molecule has 3 rings (SSSR count). The van der Waals surface area contributed by atoms with Crippen molar-refractivity contribution in [1.82, 2.24) is 0 Å². The van der Waals surface area contributed by atoms with Gasteiger partial charge in [-0.2, -0.15) is 0 Å². The number of hydrogen-bond acceptors (Lipinski definition) is 2. The zero-order valence-corrected chi connectivity index (χ0v) is 12.4. The fourth-order valence-corrected chi connectivity index (χ4v) is 3.94. The van der Waals surface area contributed by atoms with Gasteiger partial charge in [-0.3, -0.25) is 0 Å². The van der Waals surface area contributed by atoms with Crippen molar-refractivity contribution < 1.29 is 19.0 Å². The maximum atomic E-state index is 14.0. The van der Waals surface area contributed by atoms with Gasteiger partial charge in [-0.25, -0.2) is 0 Å². The van der Waals surface area contributed by atoms with Crippen molar-refractivity contribution in [3.05, 3.63) is 57.9 Å². The summed E-state index contributed by atoms with van der Waals surface area (Å²) in [7, 11) is 0. The van der Waals surface area contributed by atoms with Gasteiger partial charge in [0.2, 0.25) is 0 Å². The fourth-order valence-electron chi connectivity index (χ4n) is 2.16. The van der Waals surface area contributed by atoms with Crippen molar-refractivity contribution in [2.24, 2.45) is 0 Å². The first-order valence-electron chi connectivity index (χ1n) is 6.10. The van der Waals surface area contributed by atoms with Gasteiger partial charge in [0.1, 0.15) is 0 Å². The number of benzene rings is 2. The topological polar surface area (TPSA) is 40.5 Å². The summed E-state index contributed by atoms with van der Waals surface area (Å²) >= 11 is 0.0132. The summed E-state index contributed by atoms with van der Waals surface area (Å²) in [6, 6.07) is 7.82. The van der Waals surface area contributed by atoms with E-state index in [1.165, 1.54) is 24.3 Å². The van der Waals surface area contributed by atoms with Crippen LogP contribution < -0.4 is 0 Å². The molecular weight excluding hydrogens is 341 g/mol. The van der Waals surface area contributed by atoms with Crippen molar-refractivity contribution in [1.29, 1.82) is 0 Å². The van der Waals surface area contributed by atoms with Gasteiger partial charge in [-0.15, -0.1) is 0 Å². The Morgan fingerprint density at radius 1 is 0.667 bits per heavy atom. The van der Waals surface area contributed by atoms with E-state index in [0.717, 1.165) is 12.1 Å². The van der Waals surface area contributed by atoms with Crippen molar-refractivity contribution in [3.63, 3.8) is 0 Å². The normalized spacial score (nSPS) is 10.8. The van der Waals surface area contributed by atoms with Crippen molar-refractivity contribution in [2.45, 2.75) is 0 Å². The Labute approximate surface area is 125 Å². The third kappa shape index (κ3) is 2.58. The van der Waals surface area contributed by atoms with E-state index in [0.29, 0.717) is 22.3 Å². The Morgan fingerprint density at radius 2 is 1.10 bits per heavy atom. The van der Waals surface area contributed by atoms with Crippen molar-refractivity contribution in [2.75, 3.05) is 0 Å². The Morgan fingerprint density at radius 3 is 1.48 bits per heavy atom. The summed E-state index contributed by atoms with van der Waals surface area (Å²) in [6.45, 7) is 0. The van der Waals surface area contributed by atoms with Gasteiger partial charge >= 0.3 is 125 Å². The molecule has 0 amide bonds. The molecule has 0 aliphatic rings. The standard InChI is InChI=1S/C16H10F2O2Se/c17-15-5-9(19)1-3-11(15)13-7-21-8-14(13)12-4-2-10(20)6-16(12)18/h1-8,19-20H. The summed E-state index contributed by atoms with van der Waals surface area (Å²) < 4.78 is 28.0. The molecule has 0 saturated carbocycles. The molecule has 2 nitrogen and oxygen atoms in total. The first-order chi connectivity index (χ1) is 10.1. The van der Waals surface area contributed by atoms with Crippen LogP contribution in [0.25, 0.3) is 22.3 Å². The minimum atomic E-state index is -0.552. The van der Waals surface area contributed by atoms with E-state index in [4.69, 9.17) is 0 Å². The monoisotopic (exact) mass is 352 g/mol. The molecule has 0 atom stereocenters. The number of phenolic OH excluding ortho intramolecular Hbond substituents is 2. The summed E-state index contributed by atoms with van der Waals surface area (Å²) in [6.07, 6.45) is 0. The number of rotatable bonds is 2. The second-order valence-corrected chi connectivity index (χ2v) is 6.09. The summed E-state index contributed by atoms with van der Waals surface area (Å²) in [5.41, 5.74) is 1.87. The molecule has 21 heavy (non-hydrogen) atoms. The van der Waals surface area contributed by atoms with Crippen LogP contribution in [0.5, 0.6) is 11.5 Å². The van der Waals surface area contributed by atoms with E-state index >= 15 is 0 Å². The van der Waals surface area contributed by atoms with E-state index in [1.807, 2.05) is 9.88 Å². The fraction of sp³-hybridized carbons (Fsp3) is 0. The van der Waals surface area contributed by atoms with E-state index in [2.05, 4.69) is 0 Å². The minimum absolute atomic E-state index is 0.0132. The van der Waals surface area contributed by atoms with Gasteiger partial charge in [0.25, 0.3) is 0 Å². The van der Waals surface area contributed by atoms with Gasteiger partial charge < -0.3 is 0 Å². The van der Waals surface area contributed by atoms with Crippen LogP contribution in [0.15, 0.2) is 46.3 Å². The Kier molecular flexibility index (Phi) is 3.53. The molecule has 2 N–H and O–H groups in total. The van der Waals surface area contributed by atoms with E-state index in [-0.39, 0.29) is 26.0 Å². The molecule has 0 fully saturated rings. The predicted molar refractivity (Wildman–Crippen MR) is 77.5 cm³/mol. The van der Waals surface area contributed by atoms with Crippen LogP contribution in [0, 0.1) is 11.6 Å². The van der Waals surface area contributed by atoms with Crippen LogP contribution >= 0.6 is 0 Å². The SMILES string of the molecule is Oc1ccc(-c2c[se]cc2-c2ccc(O)cc2F)c(F)c1.